The van der Waals surface area contributed by atoms with E-state index in [1.807, 2.05) is 0 Å². The topological polar surface area (TPSA) is 84.3 Å². The van der Waals surface area contributed by atoms with E-state index >= 15 is 0 Å². The Hall–Kier alpha value is -0.950. The van der Waals surface area contributed by atoms with E-state index in [-0.39, 0.29) is 16.3 Å². The van der Waals surface area contributed by atoms with Crippen LogP contribution in [0, 0.1) is 6.92 Å². The van der Waals surface area contributed by atoms with Gasteiger partial charge in [0.1, 0.15) is 10.1 Å². The Labute approximate surface area is 97.1 Å². The molecule has 1 aromatic heterocycles. The molecular weight excluding hydrogens is 250 g/mol. The predicted molar refractivity (Wildman–Crippen MR) is 59.6 cm³/mol. The van der Waals surface area contributed by atoms with Crippen LogP contribution in [0.3, 0.4) is 0 Å². The largest absolute Gasteiger partial charge is 0.477 e. The zero-order chi connectivity index (χ0) is 11.9. The molecular formula is C9H11NO4S2. The third-order valence-electron chi connectivity index (χ3n) is 2.59. The van der Waals surface area contributed by atoms with E-state index in [1.165, 1.54) is 0 Å². The maximum absolute atomic E-state index is 11.7. The van der Waals surface area contributed by atoms with Gasteiger partial charge in [-0.1, -0.05) is 0 Å². The molecule has 0 radical (unpaired) electrons. The van der Waals surface area contributed by atoms with Crippen molar-refractivity contribution in [2.75, 3.05) is 5.75 Å². The van der Waals surface area contributed by atoms with Gasteiger partial charge in [0.15, 0.2) is 9.84 Å². The second-order valence-corrected chi connectivity index (χ2v) is 7.26. The molecule has 1 atom stereocenters. The lowest BCUT2D eigenvalue weighted by molar-refractivity contribution is 0.0700. The number of carboxylic acid groups (broad SMARTS) is 1. The summed E-state index contributed by atoms with van der Waals surface area (Å²) in [6, 6.07) is 0. The zero-order valence-electron chi connectivity index (χ0n) is 8.63. The van der Waals surface area contributed by atoms with Crippen LogP contribution in [0.25, 0.3) is 0 Å². The van der Waals surface area contributed by atoms with E-state index in [2.05, 4.69) is 4.98 Å². The molecule has 1 unspecified atom stereocenters. The Bertz CT molecular complexity index is 532. The van der Waals surface area contributed by atoms with Gasteiger partial charge in [-0.25, -0.2) is 18.2 Å². The van der Waals surface area contributed by atoms with Gasteiger partial charge in [-0.15, -0.1) is 11.3 Å². The summed E-state index contributed by atoms with van der Waals surface area (Å²) in [6.45, 7) is 1.68. The Morgan fingerprint density at radius 3 is 2.75 bits per heavy atom. The van der Waals surface area contributed by atoms with Crippen molar-refractivity contribution in [3.05, 3.63) is 15.6 Å². The first-order chi connectivity index (χ1) is 7.42. The maximum Gasteiger partial charge on any atom is 0.347 e. The third kappa shape index (κ3) is 1.84. The number of aryl methyl sites for hydroxylation is 1. The van der Waals surface area contributed by atoms with Crippen molar-refractivity contribution in [2.24, 2.45) is 0 Å². The highest BCUT2D eigenvalue weighted by Crippen LogP contribution is 2.37. The lowest BCUT2D eigenvalue weighted by atomic mass is 10.2. The number of thiazole rings is 1. The summed E-state index contributed by atoms with van der Waals surface area (Å²) < 4.78 is 23.4. The van der Waals surface area contributed by atoms with Gasteiger partial charge in [-0.3, -0.25) is 0 Å². The molecule has 0 aliphatic carbocycles. The number of carboxylic acids is 1. The number of carbonyl (C=O) groups is 1. The second-order valence-electron chi connectivity index (χ2n) is 3.75. The third-order valence-corrected chi connectivity index (χ3v) is 5.75. The smallest absolute Gasteiger partial charge is 0.347 e. The first-order valence-electron chi connectivity index (χ1n) is 4.84. The van der Waals surface area contributed by atoms with Crippen LogP contribution in [0.5, 0.6) is 0 Å². The fourth-order valence-electron chi connectivity index (χ4n) is 1.91. The molecule has 0 spiro atoms. The average Bonchev–Trinajstić information content (AvgIpc) is 2.68. The first-order valence-corrected chi connectivity index (χ1v) is 7.37. The standard InChI is InChI=1S/C9H11NO4S2/c1-5-10-7(8(15-5)9(11)12)6-3-2-4-16(6,13)14/h6H,2-4H2,1H3,(H,11,12). The molecule has 5 nitrogen and oxygen atoms in total. The zero-order valence-corrected chi connectivity index (χ0v) is 10.3. The van der Waals surface area contributed by atoms with Crippen LogP contribution < -0.4 is 0 Å². The summed E-state index contributed by atoms with van der Waals surface area (Å²) in [7, 11) is -3.20. The van der Waals surface area contributed by atoms with Gasteiger partial charge in [0.2, 0.25) is 0 Å². The lowest BCUT2D eigenvalue weighted by Gasteiger charge is -2.06. The number of aromatic carboxylic acids is 1. The van der Waals surface area contributed by atoms with Gasteiger partial charge in [0, 0.05) is 0 Å². The highest BCUT2D eigenvalue weighted by Gasteiger charge is 2.37. The molecule has 0 saturated carbocycles. The summed E-state index contributed by atoms with van der Waals surface area (Å²) in [4.78, 5) is 15.1. The summed E-state index contributed by atoms with van der Waals surface area (Å²) in [5, 5.41) is 8.86. The van der Waals surface area contributed by atoms with Crippen molar-refractivity contribution < 1.29 is 18.3 Å². The summed E-state index contributed by atoms with van der Waals surface area (Å²) >= 11 is 1.03. The summed E-state index contributed by atoms with van der Waals surface area (Å²) in [6.07, 6.45) is 1.06. The highest BCUT2D eigenvalue weighted by molar-refractivity contribution is 7.91. The highest BCUT2D eigenvalue weighted by atomic mass is 32.2. The van der Waals surface area contributed by atoms with Gasteiger partial charge >= 0.3 is 5.97 Å². The maximum atomic E-state index is 11.7. The van der Waals surface area contributed by atoms with Crippen molar-refractivity contribution in [1.29, 1.82) is 0 Å². The molecule has 0 aromatic carbocycles. The SMILES string of the molecule is Cc1nc(C2CCCS2(=O)=O)c(C(=O)O)s1. The monoisotopic (exact) mass is 261 g/mol. The fraction of sp³-hybridized carbons (Fsp3) is 0.556. The van der Waals surface area contributed by atoms with E-state index in [9.17, 15) is 13.2 Å². The van der Waals surface area contributed by atoms with E-state index in [4.69, 9.17) is 5.11 Å². The second kappa shape index (κ2) is 3.81. The van der Waals surface area contributed by atoms with Crippen molar-refractivity contribution in [1.82, 2.24) is 4.98 Å². The Morgan fingerprint density at radius 1 is 1.56 bits per heavy atom. The van der Waals surface area contributed by atoms with E-state index in [0.717, 1.165) is 11.3 Å². The lowest BCUT2D eigenvalue weighted by Crippen LogP contribution is -2.11. The molecule has 2 heterocycles. The van der Waals surface area contributed by atoms with Crippen LogP contribution >= 0.6 is 11.3 Å². The van der Waals surface area contributed by atoms with Crippen LogP contribution in [0.1, 0.15) is 38.5 Å². The van der Waals surface area contributed by atoms with Crippen molar-refractivity contribution in [3.8, 4) is 0 Å². The molecule has 0 bridgehead atoms. The summed E-state index contributed by atoms with van der Waals surface area (Å²) in [5.41, 5.74) is 0.229. The number of hydrogen-bond acceptors (Lipinski definition) is 5. The normalized spacial score (nSPS) is 23.4. The molecule has 0 amide bonds. The van der Waals surface area contributed by atoms with Crippen LogP contribution in [0.2, 0.25) is 0 Å². The quantitative estimate of drug-likeness (QED) is 0.869. The van der Waals surface area contributed by atoms with Crippen molar-refractivity contribution in [2.45, 2.75) is 25.0 Å². The van der Waals surface area contributed by atoms with Crippen LogP contribution in [-0.2, 0) is 9.84 Å². The molecule has 2 rings (SSSR count). The van der Waals surface area contributed by atoms with Gasteiger partial charge in [-0.2, -0.15) is 0 Å². The minimum Gasteiger partial charge on any atom is -0.477 e. The van der Waals surface area contributed by atoms with Crippen LogP contribution in [0.15, 0.2) is 0 Å². The molecule has 1 aliphatic heterocycles. The Kier molecular flexibility index (Phi) is 2.75. The number of nitrogens with zero attached hydrogens (tertiary/aromatic N) is 1. The molecule has 88 valence electrons. The molecule has 1 N–H and O–H groups in total. The number of rotatable bonds is 2. The Morgan fingerprint density at radius 2 is 2.25 bits per heavy atom. The van der Waals surface area contributed by atoms with Crippen molar-refractivity contribution >= 4 is 27.1 Å². The van der Waals surface area contributed by atoms with E-state index in [1.54, 1.807) is 6.92 Å². The van der Waals surface area contributed by atoms with Gasteiger partial charge < -0.3 is 5.11 Å². The van der Waals surface area contributed by atoms with E-state index < -0.39 is 21.1 Å². The van der Waals surface area contributed by atoms with E-state index in [0.29, 0.717) is 17.8 Å². The molecule has 1 saturated heterocycles. The van der Waals surface area contributed by atoms with Gasteiger partial charge in [0.25, 0.3) is 0 Å². The minimum absolute atomic E-state index is 0.0629. The fourth-order valence-corrected chi connectivity index (χ4v) is 4.70. The number of hydrogen-bond donors (Lipinski definition) is 1. The number of aromatic nitrogens is 1. The van der Waals surface area contributed by atoms with Gasteiger partial charge in [-0.05, 0) is 19.8 Å². The average molecular weight is 261 g/mol. The molecule has 7 heteroatoms. The summed E-state index contributed by atoms with van der Waals surface area (Å²) in [5.74, 6) is -0.962. The molecule has 16 heavy (non-hydrogen) atoms. The molecule has 1 aliphatic rings. The minimum atomic E-state index is -3.20. The van der Waals surface area contributed by atoms with Crippen LogP contribution in [0.4, 0.5) is 0 Å². The molecule has 1 aromatic rings. The Balaban J connectivity index is 2.52. The first kappa shape index (κ1) is 11.5. The van der Waals surface area contributed by atoms with Gasteiger partial charge in [0.05, 0.1) is 16.5 Å². The number of sulfone groups is 1. The van der Waals surface area contributed by atoms with Crippen molar-refractivity contribution in [3.63, 3.8) is 0 Å². The molecule has 1 fully saturated rings. The van der Waals surface area contributed by atoms with Crippen LogP contribution in [-0.4, -0.2) is 30.2 Å². The predicted octanol–water partition coefficient (Wildman–Crippen LogP) is 1.40.